The van der Waals surface area contributed by atoms with Gasteiger partial charge in [0, 0.05) is 6.54 Å². The number of carbonyl (C=O) groups excluding carboxylic acids is 1. The third-order valence-corrected chi connectivity index (χ3v) is 3.05. The zero-order chi connectivity index (χ0) is 11.4. The number of hydrogen-bond acceptors (Lipinski definition) is 3. The lowest BCUT2D eigenvalue weighted by Gasteiger charge is -2.25. The average Bonchev–Trinajstić information content (AvgIpc) is 2.79. The zero-order valence-electron chi connectivity index (χ0n) is 9.19. The number of aliphatic hydroxyl groups excluding tert-OH is 1. The smallest absolute Gasteiger partial charge is 0.286 e. The quantitative estimate of drug-likeness (QED) is 0.817. The Kier molecular flexibility index (Phi) is 3.62. The predicted molar refractivity (Wildman–Crippen MR) is 59.0 cm³/mol. The standard InChI is InChI=1S/C12H17NO3/c14-10-4-1-3-9(7-10)8-13-12(15)11-5-2-6-16-11/h2,5-6,9-10,14H,1,3-4,7-8H2,(H,13,15). The van der Waals surface area contributed by atoms with Gasteiger partial charge in [0.25, 0.3) is 5.91 Å². The summed E-state index contributed by atoms with van der Waals surface area (Å²) in [5.41, 5.74) is 0. The summed E-state index contributed by atoms with van der Waals surface area (Å²) in [6.07, 6.45) is 5.09. The summed E-state index contributed by atoms with van der Waals surface area (Å²) >= 11 is 0. The van der Waals surface area contributed by atoms with Crippen LogP contribution >= 0.6 is 0 Å². The maximum absolute atomic E-state index is 11.6. The van der Waals surface area contributed by atoms with Crippen LogP contribution in [0.3, 0.4) is 0 Å². The minimum atomic E-state index is -0.195. The molecule has 0 bridgehead atoms. The lowest BCUT2D eigenvalue weighted by molar-refractivity contribution is 0.0854. The first-order chi connectivity index (χ1) is 7.75. The van der Waals surface area contributed by atoms with Crippen LogP contribution in [0, 0.1) is 5.92 Å². The minimum absolute atomic E-state index is 0.176. The van der Waals surface area contributed by atoms with Gasteiger partial charge in [-0.3, -0.25) is 4.79 Å². The highest BCUT2D eigenvalue weighted by Gasteiger charge is 2.20. The number of rotatable bonds is 3. The van der Waals surface area contributed by atoms with Crippen LogP contribution in [0.2, 0.25) is 0 Å². The van der Waals surface area contributed by atoms with E-state index in [-0.39, 0.29) is 12.0 Å². The molecule has 2 rings (SSSR count). The van der Waals surface area contributed by atoms with E-state index in [2.05, 4.69) is 5.32 Å². The molecule has 1 aliphatic carbocycles. The first kappa shape index (κ1) is 11.2. The van der Waals surface area contributed by atoms with E-state index in [4.69, 9.17) is 4.42 Å². The van der Waals surface area contributed by atoms with Gasteiger partial charge in [0.1, 0.15) is 0 Å². The van der Waals surface area contributed by atoms with Crippen molar-refractivity contribution in [2.24, 2.45) is 5.92 Å². The van der Waals surface area contributed by atoms with Crippen LogP contribution in [0.1, 0.15) is 36.2 Å². The highest BCUT2D eigenvalue weighted by atomic mass is 16.3. The predicted octanol–water partition coefficient (Wildman–Crippen LogP) is 1.56. The van der Waals surface area contributed by atoms with Crippen LogP contribution in [0.4, 0.5) is 0 Å². The molecule has 16 heavy (non-hydrogen) atoms. The van der Waals surface area contributed by atoms with Crippen LogP contribution < -0.4 is 5.32 Å². The molecule has 0 saturated heterocycles. The Hall–Kier alpha value is -1.29. The maximum atomic E-state index is 11.6. The van der Waals surface area contributed by atoms with E-state index in [0.29, 0.717) is 18.2 Å². The highest BCUT2D eigenvalue weighted by Crippen LogP contribution is 2.23. The molecular formula is C12H17NO3. The first-order valence-corrected chi connectivity index (χ1v) is 5.75. The van der Waals surface area contributed by atoms with Crippen LogP contribution in [-0.4, -0.2) is 23.7 Å². The molecule has 1 amide bonds. The average molecular weight is 223 g/mol. The second-order valence-corrected chi connectivity index (χ2v) is 4.37. The fourth-order valence-corrected chi connectivity index (χ4v) is 2.18. The van der Waals surface area contributed by atoms with Crippen molar-refractivity contribution < 1.29 is 14.3 Å². The fourth-order valence-electron chi connectivity index (χ4n) is 2.18. The van der Waals surface area contributed by atoms with E-state index in [1.165, 1.54) is 6.26 Å². The van der Waals surface area contributed by atoms with E-state index in [1.807, 2.05) is 0 Å². The van der Waals surface area contributed by atoms with Gasteiger partial charge in [-0.05, 0) is 37.3 Å². The van der Waals surface area contributed by atoms with Gasteiger partial charge in [-0.1, -0.05) is 6.42 Å². The summed E-state index contributed by atoms with van der Waals surface area (Å²) in [6.45, 7) is 0.622. The molecule has 88 valence electrons. The Bertz CT molecular complexity index is 334. The van der Waals surface area contributed by atoms with Crippen molar-refractivity contribution in [2.45, 2.75) is 31.8 Å². The van der Waals surface area contributed by atoms with Gasteiger partial charge in [-0.25, -0.2) is 0 Å². The topological polar surface area (TPSA) is 62.5 Å². The van der Waals surface area contributed by atoms with Gasteiger partial charge in [0.15, 0.2) is 5.76 Å². The fraction of sp³-hybridized carbons (Fsp3) is 0.583. The van der Waals surface area contributed by atoms with Crippen LogP contribution in [0.15, 0.2) is 22.8 Å². The van der Waals surface area contributed by atoms with E-state index < -0.39 is 0 Å². The van der Waals surface area contributed by atoms with E-state index in [0.717, 1.165) is 25.7 Å². The third-order valence-electron chi connectivity index (χ3n) is 3.05. The third kappa shape index (κ3) is 2.85. The van der Waals surface area contributed by atoms with Gasteiger partial charge < -0.3 is 14.8 Å². The summed E-state index contributed by atoms with van der Waals surface area (Å²) in [4.78, 5) is 11.6. The van der Waals surface area contributed by atoms with Gasteiger partial charge in [0.2, 0.25) is 0 Å². The minimum Gasteiger partial charge on any atom is -0.459 e. The van der Waals surface area contributed by atoms with Crippen molar-refractivity contribution >= 4 is 5.91 Å². The summed E-state index contributed by atoms with van der Waals surface area (Å²) in [7, 11) is 0. The van der Waals surface area contributed by atoms with Crippen LogP contribution in [0.5, 0.6) is 0 Å². The number of nitrogens with one attached hydrogen (secondary N) is 1. The van der Waals surface area contributed by atoms with Crippen molar-refractivity contribution in [3.05, 3.63) is 24.2 Å². The van der Waals surface area contributed by atoms with Crippen LogP contribution in [0.25, 0.3) is 0 Å². The maximum Gasteiger partial charge on any atom is 0.286 e. The second-order valence-electron chi connectivity index (χ2n) is 4.37. The Balaban J connectivity index is 1.77. The summed E-state index contributed by atoms with van der Waals surface area (Å²) < 4.78 is 4.99. The molecule has 1 aliphatic rings. The molecule has 1 aromatic rings. The molecule has 1 heterocycles. The lowest BCUT2D eigenvalue weighted by atomic mass is 9.87. The molecule has 2 N–H and O–H groups in total. The largest absolute Gasteiger partial charge is 0.459 e. The molecule has 0 aromatic carbocycles. The van der Waals surface area contributed by atoms with Crippen molar-refractivity contribution in [3.8, 4) is 0 Å². The van der Waals surface area contributed by atoms with Crippen molar-refractivity contribution in [1.29, 1.82) is 0 Å². The van der Waals surface area contributed by atoms with Gasteiger partial charge in [-0.15, -0.1) is 0 Å². The highest BCUT2D eigenvalue weighted by molar-refractivity contribution is 5.91. The number of aliphatic hydroxyl groups is 1. The Morgan fingerprint density at radius 2 is 2.44 bits per heavy atom. The Morgan fingerprint density at radius 3 is 3.12 bits per heavy atom. The molecule has 4 nitrogen and oxygen atoms in total. The number of hydrogen-bond donors (Lipinski definition) is 2. The molecule has 0 spiro atoms. The molecule has 2 unspecified atom stereocenters. The van der Waals surface area contributed by atoms with Gasteiger partial charge in [-0.2, -0.15) is 0 Å². The van der Waals surface area contributed by atoms with Crippen molar-refractivity contribution in [3.63, 3.8) is 0 Å². The second kappa shape index (κ2) is 5.16. The lowest BCUT2D eigenvalue weighted by Crippen LogP contribution is -2.32. The summed E-state index contributed by atoms with van der Waals surface area (Å²) in [6, 6.07) is 3.34. The molecule has 4 heteroatoms. The Labute approximate surface area is 94.6 Å². The molecule has 0 radical (unpaired) electrons. The van der Waals surface area contributed by atoms with E-state index in [9.17, 15) is 9.90 Å². The van der Waals surface area contributed by atoms with Gasteiger partial charge >= 0.3 is 0 Å². The molecule has 1 saturated carbocycles. The summed E-state index contributed by atoms with van der Waals surface area (Å²) in [5.74, 6) is 0.559. The van der Waals surface area contributed by atoms with Crippen LogP contribution in [-0.2, 0) is 0 Å². The monoisotopic (exact) mass is 223 g/mol. The summed E-state index contributed by atoms with van der Waals surface area (Å²) in [5, 5.41) is 12.3. The SMILES string of the molecule is O=C(NCC1CCCC(O)C1)c1ccco1. The van der Waals surface area contributed by atoms with Crippen molar-refractivity contribution in [1.82, 2.24) is 5.32 Å². The molecular weight excluding hydrogens is 206 g/mol. The zero-order valence-corrected chi connectivity index (χ0v) is 9.19. The number of furan rings is 1. The number of amides is 1. The van der Waals surface area contributed by atoms with Crippen molar-refractivity contribution in [2.75, 3.05) is 6.54 Å². The first-order valence-electron chi connectivity index (χ1n) is 5.75. The molecule has 2 atom stereocenters. The van der Waals surface area contributed by atoms with E-state index >= 15 is 0 Å². The van der Waals surface area contributed by atoms with Gasteiger partial charge in [0.05, 0.1) is 12.4 Å². The number of carbonyl (C=O) groups is 1. The van der Waals surface area contributed by atoms with E-state index in [1.54, 1.807) is 12.1 Å². The molecule has 1 fully saturated rings. The normalized spacial score (nSPS) is 25.3. The molecule has 0 aliphatic heterocycles. The molecule has 1 aromatic heterocycles. The Morgan fingerprint density at radius 1 is 1.56 bits per heavy atom.